The van der Waals surface area contributed by atoms with Gasteiger partial charge in [0.25, 0.3) is 0 Å². The van der Waals surface area contributed by atoms with E-state index >= 15 is 0 Å². The van der Waals surface area contributed by atoms with Gasteiger partial charge in [0.1, 0.15) is 11.5 Å². The Bertz CT molecular complexity index is 2990. The van der Waals surface area contributed by atoms with Crippen LogP contribution >= 0.6 is 11.3 Å². The van der Waals surface area contributed by atoms with Crippen LogP contribution in [0.1, 0.15) is 0 Å². The standard InChI is InChI=1S/C48H28OS/c1-2-9-29(10-3-1)30-17-19-31(20-18-30)32-21-23-36-43-28-40-35-12-5-4-11-34(35)39(27-41(40)38-14-8-15-44(48(38)43)49-45(36)26-32)33-22-24-47-42(25-33)37-13-6-7-16-46(37)50-47/h1-28H. The first-order chi connectivity index (χ1) is 24.8. The molecule has 1 aliphatic rings. The molecule has 1 aliphatic heterocycles. The summed E-state index contributed by atoms with van der Waals surface area (Å²) in [6.45, 7) is 0. The molecular formula is C48H28OS. The summed E-state index contributed by atoms with van der Waals surface area (Å²) in [6.07, 6.45) is 0. The number of rotatable bonds is 3. The first-order valence-corrected chi connectivity index (χ1v) is 17.9. The van der Waals surface area contributed by atoms with Crippen LogP contribution in [0.3, 0.4) is 0 Å². The predicted octanol–water partition coefficient (Wildman–Crippen LogP) is 14.3. The van der Waals surface area contributed by atoms with Gasteiger partial charge in [-0.15, -0.1) is 11.3 Å². The summed E-state index contributed by atoms with van der Waals surface area (Å²) in [5.41, 5.74) is 9.60. The Morgan fingerprint density at radius 2 is 0.920 bits per heavy atom. The third kappa shape index (κ3) is 4.13. The van der Waals surface area contributed by atoms with E-state index in [4.69, 9.17) is 4.74 Å². The topological polar surface area (TPSA) is 9.23 Å². The van der Waals surface area contributed by atoms with Gasteiger partial charge in [-0.2, -0.15) is 0 Å². The molecule has 232 valence electrons. The van der Waals surface area contributed by atoms with Crippen LogP contribution in [0, 0.1) is 0 Å². The first-order valence-electron chi connectivity index (χ1n) is 17.1. The van der Waals surface area contributed by atoms with E-state index < -0.39 is 0 Å². The molecule has 50 heavy (non-hydrogen) atoms. The molecule has 1 nitrogen and oxygen atoms in total. The summed E-state index contributed by atoms with van der Waals surface area (Å²) in [4.78, 5) is 0. The summed E-state index contributed by atoms with van der Waals surface area (Å²) in [6, 6.07) is 61.9. The highest BCUT2D eigenvalue weighted by atomic mass is 32.1. The van der Waals surface area contributed by atoms with E-state index in [9.17, 15) is 0 Å². The Labute approximate surface area is 293 Å². The number of fused-ring (bicyclic) bond motifs is 9. The Hall–Kier alpha value is -6.22. The molecule has 0 N–H and O–H groups in total. The van der Waals surface area contributed by atoms with Crippen molar-refractivity contribution in [2.24, 2.45) is 0 Å². The predicted molar refractivity (Wildman–Crippen MR) is 214 cm³/mol. The van der Waals surface area contributed by atoms with Crippen LogP contribution < -0.4 is 4.74 Å². The van der Waals surface area contributed by atoms with E-state index in [2.05, 4.69) is 170 Å². The summed E-state index contributed by atoms with van der Waals surface area (Å²) in [5, 5.41) is 10.1. The minimum Gasteiger partial charge on any atom is -0.456 e. The Kier molecular flexibility index (Phi) is 5.89. The van der Waals surface area contributed by atoms with E-state index in [0.717, 1.165) is 22.6 Å². The van der Waals surface area contributed by atoms with Crippen LogP contribution in [0.5, 0.6) is 11.5 Å². The van der Waals surface area contributed by atoms with Gasteiger partial charge >= 0.3 is 0 Å². The molecule has 0 radical (unpaired) electrons. The zero-order valence-corrected chi connectivity index (χ0v) is 27.8. The smallest absolute Gasteiger partial charge is 0.135 e. The van der Waals surface area contributed by atoms with Crippen molar-refractivity contribution in [3.05, 3.63) is 170 Å². The van der Waals surface area contributed by atoms with Gasteiger partial charge in [-0.05, 0) is 114 Å². The van der Waals surface area contributed by atoms with Crippen molar-refractivity contribution < 1.29 is 4.74 Å². The number of thiophene rings is 1. The van der Waals surface area contributed by atoms with Gasteiger partial charge < -0.3 is 4.74 Å². The van der Waals surface area contributed by atoms with Crippen LogP contribution in [-0.2, 0) is 0 Å². The van der Waals surface area contributed by atoms with E-state index in [-0.39, 0.29) is 0 Å². The molecule has 10 aromatic rings. The molecule has 2 heteroatoms. The quantitative estimate of drug-likeness (QED) is 0.173. The molecule has 0 saturated carbocycles. The fourth-order valence-electron chi connectivity index (χ4n) is 8.07. The molecule has 0 fully saturated rings. The van der Waals surface area contributed by atoms with E-state index in [1.165, 1.54) is 85.9 Å². The number of hydrogen-bond donors (Lipinski definition) is 0. The van der Waals surface area contributed by atoms with Crippen LogP contribution in [0.25, 0.3) is 97.0 Å². The summed E-state index contributed by atoms with van der Waals surface area (Å²) < 4.78 is 9.39. The molecule has 0 bridgehead atoms. The zero-order valence-electron chi connectivity index (χ0n) is 27.0. The maximum atomic E-state index is 6.74. The van der Waals surface area contributed by atoms with Gasteiger partial charge in [-0.25, -0.2) is 0 Å². The number of hydrogen-bond acceptors (Lipinski definition) is 2. The fourth-order valence-corrected chi connectivity index (χ4v) is 9.16. The Morgan fingerprint density at radius 1 is 0.300 bits per heavy atom. The molecule has 0 saturated heterocycles. The first kappa shape index (κ1) is 27.7. The van der Waals surface area contributed by atoms with E-state index in [0.29, 0.717) is 0 Å². The van der Waals surface area contributed by atoms with Crippen molar-refractivity contribution in [2.75, 3.05) is 0 Å². The van der Waals surface area contributed by atoms with Gasteiger partial charge in [-0.1, -0.05) is 121 Å². The van der Waals surface area contributed by atoms with Crippen molar-refractivity contribution in [2.45, 2.75) is 0 Å². The van der Waals surface area contributed by atoms with Crippen LogP contribution in [0.15, 0.2) is 170 Å². The third-order valence-electron chi connectivity index (χ3n) is 10.5. The second-order valence-electron chi connectivity index (χ2n) is 13.2. The summed E-state index contributed by atoms with van der Waals surface area (Å²) in [5.74, 6) is 1.80. The van der Waals surface area contributed by atoms with E-state index in [1.54, 1.807) is 0 Å². The molecule has 0 spiro atoms. The van der Waals surface area contributed by atoms with E-state index in [1.807, 2.05) is 11.3 Å². The minimum atomic E-state index is 0.895. The molecule has 11 rings (SSSR count). The number of benzene rings is 9. The summed E-state index contributed by atoms with van der Waals surface area (Å²) in [7, 11) is 0. The second-order valence-corrected chi connectivity index (χ2v) is 14.3. The molecule has 0 amide bonds. The molecule has 9 aromatic carbocycles. The van der Waals surface area contributed by atoms with Crippen LogP contribution in [0.2, 0.25) is 0 Å². The average Bonchev–Trinajstić information content (AvgIpc) is 3.56. The maximum absolute atomic E-state index is 6.74. The Morgan fingerprint density at radius 3 is 1.78 bits per heavy atom. The largest absolute Gasteiger partial charge is 0.456 e. The third-order valence-corrected chi connectivity index (χ3v) is 11.6. The van der Waals surface area contributed by atoms with Crippen LogP contribution in [0.4, 0.5) is 0 Å². The fraction of sp³-hybridized carbons (Fsp3) is 0. The monoisotopic (exact) mass is 652 g/mol. The van der Waals surface area contributed by atoms with Crippen molar-refractivity contribution in [3.63, 3.8) is 0 Å². The highest BCUT2D eigenvalue weighted by Gasteiger charge is 2.23. The lowest BCUT2D eigenvalue weighted by atomic mass is 9.86. The lowest BCUT2D eigenvalue weighted by molar-refractivity contribution is 0.487. The summed E-state index contributed by atoms with van der Waals surface area (Å²) >= 11 is 1.87. The van der Waals surface area contributed by atoms with Crippen molar-refractivity contribution >= 4 is 63.8 Å². The van der Waals surface area contributed by atoms with Crippen LogP contribution in [-0.4, -0.2) is 0 Å². The second kappa shape index (κ2) is 10.6. The molecule has 2 heterocycles. The van der Waals surface area contributed by atoms with Gasteiger partial charge in [0.05, 0.1) is 0 Å². The van der Waals surface area contributed by atoms with Crippen molar-refractivity contribution in [3.8, 4) is 56.0 Å². The SMILES string of the molecule is c1ccc(-c2ccc(-c3ccc4c(c3)Oc3cccc5c3c-4cc3c4ccccc4c(-c4ccc6sc7ccccc7c6c4)cc53)cc2)cc1. The molecule has 0 unspecified atom stereocenters. The molecule has 1 aromatic heterocycles. The lowest BCUT2D eigenvalue weighted by Gasteiger charge is -2.24. The minimum absolute atomic E-state index is 0.895. The molecule has 0 atom stereocenters. The zero-order chi connectivity index (χ0) is 32.8. The Balaban J connectivity index is 1.09. The van der Waals surface area contributed by atoms with Gasteiger partial charge in [0.15, 0.2) is 0 Å². The highest BCUT2D eigenvalue weighted by Crippen LogP contribution is 2.51. The van der Waals surface area contributed by atoms with Gasteiger partial charge in [0.2, 0.25) is 0 Å². The lowest BCUT2D eigenvalue weighted by Crippen LogP contribution is -1.98. The van der Waals surface area contributed by atoms with Crippen molar-refractivity contribution in [1.29, 1.82) is 0 Å². The van der Waals surface area contributed by atoms with Crippen molar-refractivity contribution in [1.82, 2.24) is 0 Å². The molecule has 0 aliphatic carbocycles. The maximum Gasteiger partial charge on any atom is 0.135 e. The normalized spacial score (nSPS) is 12.2. The molecular weight excluding hydrogens is 625 g/mol. The number of ether oxygens (including phenoxy) is 1. The van der Waals surface area contributed by atoms with Gasteiger partial charge in [-0.3, -0.25) is 0 Å². The van der Waals surface area contributed by atoms with Gasteiger partial charge in [0, 0.05) is 31.1 Å². The average molecular weight is 653 g/mol. The highest BCUT2D eigenvalue weighted by molar-refractivity contribution is 7.25.